The number of nitrogens with one attached hydrogen (secondary N) is 1. The quantitative estimate of drug-likeness (QED) is 0.778. The molecule has 0 saturated heterocycles. The van der Waals surface area contributed by atoms with E-state index in [-0.39, 0.29) is 6.10 Å². The highest BCUT2D eigenvalue weighted by atomic mass is 35.5. The number of hydrogen-bond acceptors (Lipinski definition) is 2. The molecule has 1 aromatic rings. The fraction of sp³-hybridized carbons (Fsp3) is 0.500. The van der Waals surface area contributed by atoms with Crippen molar-refractivity contribution < 1.29 is 4.74 Å². The summed E-state index contributed by atoms with van der Waals surface area (Å²) in [6.45, 7) is 7.58. The molecule has 0 unspecified atom stereocenters. The van der Waals surface area contributed by atoms with E-state index in [0.717, 1.165) is 17.3 Å². The van der Waals surface area contributed by atoms with E-state index in [1.807, 2.05) is 39.0 Å². The van der Waals surface area contributed by atoms with Crippen molar-refractivity contribution in [2.75, 3.05) is 18.5 Å². The van der Waals surface area contributed by atoms with E-state index in [9.17, 15) is 0 Å². The summed E-state index contributed by atoms with van der Waals surface area (Å²) in [5, 5.41) is 4.01. The van der Waals surface area contributed by atoms with Gasteiger partial charge in [0.15, 0.2) is 0 Å². The molecular weight excluding hydrogens is 210 g/mol. The predicted molar refractivity (Wildman–Crippen MR) is 65.8 cm³/mol. The van der Waals surface area contributed by atoms with Crippen LogP contribution in [-0.2, 0) is 4.74 Å². The number of hydrogen-bond donors (Lipinski definition) is 1. The molecule has 0 aliphatic carbocycles. The summed E-state index contributed by atoms with van der Waals surface area (Å²) in [5.41, 5.74) is 2.18. The Morgan fingerprint density at radius 3 is 2.80 bits per heavy atom. The van der Waals surface area contributed by atoms with E-state index in [1.165, 1.54) is 5.56 Å². The van der Waals surface area contributed by atoms with Crippen LogP contribution in [0, 0.1) is 6.92 Å². The monoisotopic (exact) mass is 227 g/mol. The van der Waals surface area contributed by atoms with Gasteiger partial charge in [-0.3, -0.25) is 0 Å². The number of aryl methyl sites for hydroxylation is 1. The molecule has 84 valence electrons. The average Bonchev–Trinajstić information content (AvgIpc) is 2.17. The molecule has 3 heteroatoms. The van der Waals surface area contributed by atoms with E-state index in [0.29, 0.717) is 6.61 Å². The van der Waals surface area contributed by atoms with Gasteiger partial charge in [0.25, 0.3) is 0 Å². The zero-order valence-corrected chi connectivity index (χ0v) is 10.3. The molecule has 0 aliphatic heterocycles. The Morgan fingerprint density at radius 2 is 2.13 bits per heavy atom. The maximum Gasteiger partial charge on any atom is 0.0642 e. The minimum absolute atomic E-state index is 0.278. The standard InChI is InChI=1S/C12H18ClNO/c1-9(2)15-7-6-14-12-8-10(3)4-5-11(12)13/h4-5,8-9,14H,6-7H2,1-3H3. The lowest BCUT2D eigenvalue weighted by atomic mass is 10.2. The largest absolute Gasteiger partial charge is 0.382 e. The van der Waals surface area contributed by atoms with Crippen LogP contribution in [0.4, 0.5) is 5.69 Å². The third-order valence-electron chi connectivity index (χ3n) is 1.99. The van der Waals surface area contributed by atoms with Gasteiger partial charge in [0.1, 0.15) is 0 Å². The highest BCUT2D eigenvalue weighted by molar-refractivity contribution is 6.33. The fourth-order valence-electron chi connectivity index (χ4n) is 1.25. The van der Waals surface area contributed by atoms with Crippen LogP contribution in [-0.4, -0.2) is 19.3 Å². The molecule has 0 spiro atoms. The number of benzene rings is 1. The Bertz CT molecular complexity index is 312. The SMILES string of the molecule is Cc1ccc(Cl)c(NCCOC(C)C)c1. The summed E-state index contributed by atoms with van der Waals surface area (Å²) >= 11 is 6.03. The van der Waals surface area contributed by atoms with Crippen LogP contribution in [0.1, 0.15) is 19.4 Å². The van der Waals surface area contributed by atoms with Gasteiger partial charge in [-0.2, -0.15) is 0 Å². The summed E-state index contributed by atoms with van der Waals surface area (Å²) in [6.07, 6.45) is 0.278. The molecule has 1 aromatic carbocycles. The van der Waals surface area contributed by atoms with Gasteiger partial charge in [-0.25, -0.2) is 0 Å². The van der Waals surface area contributed by atoms with Crippen molar-refractivity contribution in [1.29, 1.82) is 0 Å². The summed E-state index contributed by atoms with van der Waals surface area (Å²) in [4.78, 5) is 0. The van der Waals surface area contributed by atoms with Crippen LogP contribution in [0.3, 0.4) is 0 Å². The molecule has 2 nitrogen and oxygen atoms in total. The maximum absolute atomic E-state index is 6.03. The van der Waals surface area contributed by atoms with Gasteiger partial charge in [0.05, 0.1) is 23.4 Å². The number of anilines is 1. The first-order chi connectivity index (χ1) is 7.09. The van der Waals surface area contributed by atoms with Crippen LogP contribution in [0.2, 0.25) is 5.02 Å². The van der Waals surface area contributed by atoms with Crippen molar-refractivity contribution in [3.63, 3.8) is 0 Å². The first-order valence-electron chi connectivity index (χ1n) is 5.21. The minimum atomic E-state index is 0.278. The van der Waals surface area contributed by atoms with Gasteiger partial charge >= 0.3 is 0 Å². The van der Waals surface area contributed by atoms with Gasteiger partial charge < -0.3 is 10.1 Å². The van der Waals surface area contributed by atoms with Gasteiger partial charge in [-0.05, 0) is 38.5 Å². The number of ether oxygens (including phenoxy) is 1. The lowest BCUT2D eigenvalue weighted by molar-refractivity contribution is 0.0870. The summed E-state index contributed by atoms with van der Waals surface area (Å²) < 4.78 is 5.43. The van der Waals surface area contributed by atoms with E-state index in [1.54, 1.807) is 0 Å². The molecule has 1 rings (SSSR count). The highest BCUT2D eigenvalue weighted by Gasteiger charge is 1.99. The third-order valence-corrected chi connectivity index (χ3v) is 2.32. The van der Waals surface area contributed by atoms with Crippen LogP contribution < -0.4 is 5.32 Å². The molecule has 0 amide bonds. The maximum atomic E-state index is 6.03. The molecule has 0 heterocycles. The van der Waals surface area contributed by atoms with E-state index in [2.05, 4.69) is 5.32 Å². The van der Waals surface area contributed by atoms with Crippen LogP contribution in [0.5, 0.6) is 0 Å². The number of halogens is 1. The summed E-state index contributed by atoms with van der Waals surface area (Å²) in [7, 11) is 0. The molecular formula is C12H18ClNO. The Kier molecular flexibility index (Phi) is 4.92. The van der Waals surface area contributed by atoms with Crippen molar-refractivity contribution >= 4 is 17.3 Å². The van der Waals surface area contributed by atoms with Crippen molar-refractivity contribution in [1.82, 2.24) is 0 Å². The van der Waals surface area contributed by atoms with Crippen molar-refractivity contribution in [2.45, 2.75) is 26.9 Å². The highest BCUT2D eigenvalue weighted by Crippen LogP contribution is 2.22. The first-order valence-corrected chi connectivity index (χ1v) is 5.59. The topological polar surface area (TPSA) is 21.3 Å². The predicted octanol–water partition coefficient (Wildman–Crippen LogP) is 3.49. The second-order valence-corrected chi connectivity index (χ2v) is 4.24. The Hall–Kier alpha value is -0.730. The normalized spacial score (nSPS) is 10.7. The van der Waals surface area contributed by atoms with Crippen molar-refractivity contribution in [2.24, 2.45) is 0 Å². The van der Waals surface area contributed by atoms with Crippen LogP contribution in [0.25, 0.3) is 0 Å². The zero-order valence-electron chi connectivity index (χ0n) is 9.51. The minimum Gasteiger partial charge on any atom is -0.382 e. The summed E-state index contributed by atoms with van der Waals surface area (Å²) in [5.74, 6) is 0. The lowest BCUT2D eigenvalue weighted by Gasteiger charge is -2.11. The Balaban J connectivity index is 2.40. The zero-order chi connectivity index (χ0) is 11.3. The lowest BCUT2D eigenvalue weighted by Crippen LogP contribution is -2.13. The molecule has 1 N–H and O–H groups in total. The Morgan fingerprint density at radius 1 is 1.40 bits per heavy atom. The molecule has 0 radical (unpaired) electrons. The molecule has 0 atom stereocenters. The second-order valence-electron chi connectivity index (χ2n) is 3.83. The van der Waals surface area contributed by atoms with E-state index >= 15 is 0 Å². The average molecular weight is 228 g/mol. The van der Waals surface area contributed by atoms with Crippen LogP contribution in [0.15, 0.2) is 18.2 Å². The van der Waals surface area contributed by atoms with E-state index < -0.39 is 0 Å². The van der Waals surface area contributed by atoms with Gasteiger partial charge in [0, 0.05) is 6.54 Å². The van der Waals surface area contributed by atoms with Gasteiger partial charge in [-0.1, -0.05) is 17.7 Å². The van der Waals surface area contributed by atoms with Crippen molar-refractivity contribution in [3.05, 3.63) is 28.8 Å². The fourth-order valence-corrected chi connectivity index (χ4v) is 1.44. The van der Waals surface area contributed by atoms with Gasteiger partial charge in [0.2, 0.25) is 0 Å². The molecule has 0 saturated carbocycles. The molecule has 0 bridgehead atoms. The smallest absolute Gasteiger partial charge is 0.0642 e. The molecule has 15 heavy (non-hydrogen) atoms. The second kappa shape index (κ2) is 5.99. The molecule has 0 fully saturated rings. The molecule has 0 aliphatic rings. The molecule has 0 aromatic heterocycles. The Labute approximate surface area is 96.6 Å². The first kappa shape index (κ1) is 12.3. The number of rotatable bonds is 5. The van der Waals surface area contributed by atoms with Gasteiger partial charge in [-0.15, -0.1) is 0 Å². The van der Waals surface area contributed by atoms with Crippen molar-refractivity contribution in [3.8, 4) is 0 Å². The van der Waals surface area contributed by atoms with E-state index in [4.69, 9.17) is 16.3 Å². The third kappa shape index (κ3) is 4.54. The summed E-state index contributed by atoms with van der Waals surface area (Å²) in [6, 6.07) is 5.94. The van der Waals surface area contributed by atoms with Crippen LogP contribution >= 0.6 is 11.6 Å².